The maximum atomic E-state index is 12.3. The highest BCUT2D eigenvalue weighted by Crippen LogP contribution is 2.23. The number of halogens is 2. The molecule has 2 aromatic carbocycles. The molecule has 0 bridgehead atoms. The molecule has 0 unspecified atom stereocenters. The molecule has 0 N–H and O–H groups in total. The Morgan fingerprint density at radius 2 is 1.52 bits per heavy atom. The third-order valence-electron chi connectivity index (χ3n) is 3.10. The molecule has 104 valence electrons. The van der Waals surface area contributed by atoms with Gasteiger partial charge in [-0.1, -0.05) is 41.9 Å². The highest BCUT2D eigenvalue weighted by atomic mass is 35.5. The summed E-state index contributed by atoms with van der Waals surface area (Å²) >= 11 is 12.0. The molecule has 1 aromatic heterocycles. The predicted molar refractivity (Wildman–Crippen MR) is 83.5 cm³/mol. The van der Waals surface area contributed by atoms with Crippen LogP contribution < -0.4 is 0 Å². The fourth-order valence-electron chi connectivity index (χ4n) is 2.06. The number of rotatable bonds is 3. The Morgan fingerprint density at radius 1 is 0.905 bits per heavy atom. The SMILES string of the molecule is O=C(c1ccccc1)c1ccc(-n2c(Cl)cnc2Cl)cc1. The quantitative estimate of drug-likeness (QED) is 0.671. The molecule has 0 aliphatic heterocycles. The first-order valence-electron chi connectivity index (χ1n) is 6.26. The van der Waals surface area contributed by atoms with Gasteiger partial charge in [-0.05, 0) is 35.9 Å². The average Bonchev–Trinajstić information content (AvgIpc) is 2.87. The van der Waals surface area contributed by atoms with Crippen molar-refractivity contribution in [3.63, 3.8) is 0 Å². The zero-order valence-corrected chi connectivity index (χ0v) is 12.3. The Hall–Kier alpha value is -2.10. The van der Waals surface area contributed by atoms with Crippen molar-refractivity contribution >= 4 is 29.0 Å². The second kappa shape index (κ2) is 5.72. The first kappa shape index (κ1) is 13.9. The molecule has 1 heterocycles. The van der Waals surface area contributed by atoms with E-state index in [0.717, 1.165) is 5.69 Å². The van der Waals surface area contributed by atoms with Crippen LogP contribution in [0.4, 0.5) is 0 Å². The topological polar surface area (TPSA) is 34.9 Å². The number of aromatic nitrogens is 2. The molecule has 0 spiro atoms. The summed E-state index contributed by atoms with van der Waals surface area (Å²) in [7, 11) is 0. The van der Waals surface area contributed by atoms with Gasteiger partial charge in [-0.2, -0.15) is 0 Å². The Bertz CT molecular complexity index is 760. The molecule has 0 saturated heterocycles. The molecule has 0 atom stereocenters. The van der Waals surface area contributed by atoms with Crippen molar-refractivity contribution in [2.45, 2.75) is 0 Å². The van der Waals surface area contributed by atoms with E-state index in [1.54, 1.807) is 41.0 Å². The fraction of sp³-hybridized carbons (Fsp3) is 0. The Balaban J connectivity index is 1.93. The Morgan fingerprint density at radius 3 is 2.10 bits per heavy atom. The van der Waals surface area contributed by atoms with Gasteiger partial charge >= 0.3 is 0 Å². The van der Waals surface area contributed by atoms with E-state index in [9.17, 15) is 4.79 Å². The molecule has 3 rings (SSSR count). The van der Waals surface area contributed by atoms with Crippen LogP contribution >= 0.6 is 23.2 Å². The van der Waals surface area contributed by atoms with Gasteiger partial charge in [0.15, 0.2) is 5.78 Å². The lowest BCUT2D eigenvalue weighted by Crippen LogP contribution is -2.02. The summed E-state index contributed by atoms with van der Waals surface area (Å²) in [5, 5.41) is 0.698. The molecule has 0 aliphatic carbocycles. The number of benzene rings is 2. The van der Waals surface area contributed by atoms with Gasteiger partial charge in [0.2, 0.25) is 5.28 Å². The van der Waals surface area contributed by atoms with Gasteiger partial charge in [0.1, 0.15) is 5.15 Å². The lowest BCUT2D eigenvalue weighted by Gasteiger charge is -2.07. The standard InChI is InChI=1S/C16H10Cl2N2O/c17-14-10-19-16(18)20(14)13-8-6-12(7-9-13)15(21)11-4-2-1-3-5-11/h1-10H. The minimum Gasteiger partial charge on any atom is -0.289 e. The molecule has 21 heavy (non-hydrogen) atoms. The summed E-state index contributed by atoms with van der Waals surface area (Å²) in [4.78, 5) is 16.2. The van der Waals surface area contributed by atoms with Crippen molar-refractivity contribution in [3.8, 4) is 5.69 Å². The summed E-state index contributed by atoms with van der Waals surface area (Å²) in [5.41, 5.74) is 2.02. The summed E-state index contributed by atoms with van der Waals surface area (Å²) in [6, 6.07) is 16.2. The van der Waals surface area contributed by atoms with E-state index < -0.39 is 0 Å². The van der Waals surface area contributed by atoms with E-state index in [4.69, 9.17) is 23.2 Å². The molecule has 0 fully saturated rings. The average molecular weight is 317 g/mol. The van der Waals surface area contributed by atoms with Crippen LogP contribution in [0.25, 0.3) is 5.69 Å². The molecule has 0 saturated carbocycles. The van der Waals surface area contributed by atoms with Crippen LogP contribution in [0, 0.1) is 0 Å². The van der Waals surface area contributed by atoms with Gasteiger partial charge in [-0.15, -0.1) is 0 Å². The van der Waals surface area contributed by atoms with Crippen LogP contribution in [-0.2, 0) is 0 Å². The highest BCUT2D eigenvalue weighted by Gasteiger charge is 2.11. The van der Waals surface area contributed by atoms with Crippen molar-refractivity contribution in [1.29, 1.82) is 0 Å². The fourth-order valence-corrected chi connectivity index (χ4v) is 2.57. The molecular formula is C16H10Cl2N2O. The van der Waals surface area contributed by atoms with Crippen molar-refractivity contribution in [2.75, 3.05) is 0 Å². The number of hydrogen-bond acceptors (Lipinski definition) is 2. The summed E-state index contributed by atoms with van der Waals surface area (Å²) in [6.07, 6.45) is 1.48. The van der Waals surface area contributed by atoms with Gasteiger partial charge in [-0.3, -0.25) is 9.36 Å². The van der Waals surface area contributed by atoms with E-state index >= 15 is 0 Å². The van der Waals surface area contributed by atoms with Crippen LogP contribution in [0.5, 0.6) is 0 Å². The largest absolute Gasteiger partial charge is 0.289 e. The van der Waals surface area contributed by atoms with E-state index in [1.165, 1.54) is 6.20 Å². The maximum Gasteiger partial charge on any atom is 0.208 e. The summed E-state index contributed by atoms with van der Waals surface area (Å²) in [5.74, 6) is -0.0232. The molecule has 3 nitrogen and oxygen atoms in total. The van der Waals surface area contributed by atoms with Gasteiger partial charge in [0, 0.05) is 16.8 Å². The summed E-state index contributed by atoms with van der Waals surface area (Å²) < 4.78 is 1.60. The second-order valence-electron chi connectivity index (χ2n) is 4.43. The molecular weight excluding hydrogens is 307 g/mol. The molecule has 3 aromatic rings. The maximum absolute atomic E-state index is 12.3. The van der Waals surface area contributed by atoms with Crippen LogP contribution in [0.3, 0.4) is 0 Å². The number of ketones is 1. The second-order valence-corrected chi connectivity index (χ2v) is 5.15. The lowest BCUT2D eigenvalue weighted by molar-refractivity contribution is 0.103. The van der Waals surface area contributed by atoms with Crippen LogP contribution in [0.15, 0.2) is 60.8 Å². The van der Waals surface area contributed by atoms with Gasteiger partial charge < -0.3 is 0 Å². The van der Waals surface area contributed by atoms with Gasteiger partial charge in [0.25, 0.3) is 0 Å². The first-order valence-corrected chi connectivity index (χ1v) is 7.01. The van der Waals surface area contributed by atoms with Crippen molar-refractivity contribution in [2.24, 2.45) is 0 Å². The monoisotopic (exact) mass is 316 g/mol. The smallest absolute Gasteiger partial charge is 0.208 e. The van der Waals surface area contributed by atoms with Crippen molar-refractivity contribution in [1.82, 2.24) is 9.55 Å². The zero-order valence-electron chi connectivity index (χ0n) is 10.8. The minimum atomic E-state index is -0.0232. The van der Waals surface area contributed by atoms with Gasteiger partial charge in [-0.25, -0.2) is 4.98 Å². The van der Waals surface area contributed by atoms with Crippen molar-refractivity contribution in [3.05, 3.63) is 82.4 Å². The normalized spacial score (nSPS) is 10.6. The molecule has 0 amide bonds. The molecule has 0 radical (unpaired) electrons. The Labute approximate surface area is 131 Å². The number of hydrogen-bond donors (Lipinski definition) is 0. The number of carbonyl (C=O) groups is 1. The van der Waals surface area contributed by atoms with Crippen LogP contribution in [-0.4, -0.2) is 15.3 Å². The lowest BCUT2D eigenvalue weighted by atomic mass is 10.0. The van der Waals surface area contributed by atoms with E-state index in [0.29, 0.717) is 16.3 Å². The van der Waals surface area contributed by atoms with E-state index in [1.807, 2.05) is 18.2 Å². The Kier molecular flexibility index (Phi) is 3.78. The highest BCUT2D eigenvalue weighted by molar-refractivity contribution is 6.33. The summed E-state index contributed by atoms with van der Waals surface area (Å²) in [6.45, 7) is 0. The van der Waals surface area contributed by atoms with Gasteiger partial charge in [0.05, 0.1) is 6.20 Å². The van der Waals surface area contributed by atoms with Crippen LogP contribution in [0.1, 0.15) is 15.9 Å². The van der Waals surface area contributed by atoms with Crippen molar-refractivity contribution < 1.29 is 4.79 Å². The van der Waals surface area contributed by atoms with E-state index in [2.05, 4.69) is 4.98 Å². The minimum absolute atomic E-state index is 0.0232. The third-order valence-corrected chi connectivity index (χ3v) is 3.63. The first-order chi connectivity index (χ1) is 10.2. The number of carbonyl (C=O) groups excluding carboxylic acids is 1. The van der Waals surface area contributed by atoms with E-state index in [-0.39, 0.29) is 11.1 Å². The van der Waals surface area contributed by atoms with Crippen LogP contribution in [0.2, 0.25) is 10.4 Å². The third kappa shape index (κ3) is 2.71. The predicted octanol–water partition coefficient (Wildman–Crippen LogP) is 4.41. The number of imidazole rings is 1. The zero-order chi connectivity index (χ0) is 14.8. The number of nitrogens with zero attached hydrogens (tertiary/aromatic N) is 2. The molecule has 0 aliphatic rings. The molecule has 5 heteroatoms.